The fraction of sp³-hybridized carbons (Fsp3) is 0.333. The Morgan fingerprint density at radius 3 is 2.78 bits per heavy atom. The normalized spacial score (nSPS) is 21.6. The molecule has 0 atom stereocenters. The first-order chi connectivity index (χ1) is 17.5. The van der Waals surface area contributed by atoms with Crippen molar-refractivity contribution in [1.29, 1.82) is 0 Å². The molecule has 1 fully saturated rings. The predicted molar refractivity (Wildman–Crippen MR) is 140 cm³/mol. The number of hydrogen-bond acceptors (Lipinski definition) is 6. The number of pyridine rings is 1. The number of hydrogen-bond donors (Lipinski definition) is 1. The Hall–Kier alpha value is -3.00. The minimum Gasteiger partial charge on any atom is -0.478 e. The molecule has 0 unspecified atom stereocenters. The Kier molecular flexibility index (Phi) is 7.51. The Morgan fingerprint density at radius 1 is 1.14 bits per heavy atom. The zero-order valence-corrected chi connectivity index (χ0v) is 21.3. The number of carboxylic acids is 1. The van der Waals surface area contributed by atoms with Gasteiger partial charge in [-0.1, -0.05) is 29.3 Å². The molecule has 1 saturated heterocycles. The number of halogens is 2. The molecule has 0 radical (unpaired) electrons. The highest BCUT2D eigenvalue weighted by Crippen LogP contribution is 2.42. The van der Waals surface area contributed by atoms with E-state index in [2.05, 4.69) is 20.9 Å². The van der Waals surface area contributed by atoms with E-state index in [9.17, 15) is 9.90 Å². The first-order valence-corrected chi connectivity index (χ1v) is 12.7. The van der Waals surface area contributed by atoms with Crippen LogP contribution >= 0.6 is 23.2 Å². The van der Waals surface area contributed by atoms with Gasteiger partial charge in [0.05, 0.1) is 6.26 Å². The van der Waals surface area contributed by atoms with Gasteiger partial charge in [0.25, 0.3) is 0 Å². The standard InChI is InChI=1S/C27H27Cl2N3O4/c28-20-5-6-24-23(15-20)25-18(13-21(29)14-19(25)16-35-17-36-24)3-2-8-31-9-11-32(12-10-31)26-22(27(33)34)4-1-7-30-26/h1,3-7,14,16H,2,8-13,15,17H2,(H,33,34). The summed E-state index contributed by atoms with van der Waals surface area (Å²) in [5.41, 5.74) is 4.47. The number of nitrogens with zero attached hydrogens (tertiary/aromatic N) is 3. The van der Waals surface area contributed by atoms with Crippen molar-refractivity contribution < 1.29 is 19.4 Å². The number of ether oxygens (including phenoxy) is 2. The first-order valence-electron chi connectivity index (χ1n) is 12.0. The van der Waals surface area contributed by atoms with Crippen molar-refractivity contribution in [3.63, 3.8) is 0 Å². The summed E-state index contributed by atoms with van der Waals surface area (Å²) in [6.45, 7) is 4.18. The highest BCUT2D eigenvalue weighted by Gasteiger charge is 2.27. The number of allylic oxidation sites excluding steroid dienone is 9. The fourth-order valence-electron chi connectivity index (χ4n) is 4.95. The summed E-state index contributed by atoms with van der Waals surface area (Å²) in [7, 11) is 0. The van der Waals surface area contributed by atoms with Gasteiger partial charge in [0.2, 0.25) is 6.79 Å². The van der Waals surface area contributed by atoms with Crippen LogP contribution in [-0.2, 0) is 9.47 Å². The van der Waals surface area contributed by atoms with E-state index in [-0.39, 0.29) is 12.4 Å². The van der Waals surface area contributed by atoms with E-state index in [1.54, 1.807) is 24.6 Å². The van der Waals surface area contributed by atoms with Gasteiger partial charge in [0.1, 0.15) is 17.1 Å². The summed E-state index contributed by atoms with van der Waals surface area (Å²) in [4.78, 5) is 20.3. The van der Waals surface area contributed by atoms with E-state index in [1.807, 2.05) is 18.2 Å². The van der Waals surface area contributed by atoms with Crippen molar-refractivity contribution in [3.05, 3.63) is 92.6 Å². The third kappa shape index (κ3) is 5.38. The van der Waals surface area contributed by atoms with E-state index in [4.69, 9.17) is 32.7 Å². The summed E-state index contributed by atoms with van der Waals surface area (Å²) in [5, 5.41) is 11.0. The van der Waals surface area contributed by atoms with Crippen LogP contribution in [0.25, 0.3) is 0 Å². The Bertz CT molecular complexity index is 1240. The summed E-state index contributed by atoms with van der Waals surface area (Å²) in [6, 6.07) is 3.26. The van der Waals surface area contributed by atoms with Gasteiger partial charge in [-0.2, -0.15) is 0 Å². The number of carboxylic acid groups (broad SMARTS) is 1. The lowest BCUT2D eigenvalue weighted by molar-refractivity contribution is 0.0297. The zero-order valence-electron chi connectivity index (χ0n) is 19.8. The molecule has 2 aliphatic heterocycles. The average molecular weight is 528 g/mol. The second-order valence-corrected chi connectivity index (χ2v) is 9.94. The lowest BCUT2D eigenvalue weighted by atomic mass is 9.83. The van der Waals surface area contributed by atoms with Gasteiger partial charge in [0.15, 0.2) is 0 Å². The summed E-state index contributed by atoms with van der Waals surface area (Å²) < 4.78 is 11.4. The first kappa shape index (κ1) is 24.7. The van der Waals surface area contributed by atoms with Gasteiger partial charge < -0.3 is 19.5 Å². The van der Waals surface area contributed by atoms with Crippen LogP contribution in [-0.4, -0.2) is 60.5 Å². The van der Waals surface area contributed by atoms with Crippen LogP contribution in [0.5, 0.6) is 0 Å². The van der Waals surface area contributed by atoms with Crippen molar-refractivity contribution in [3.8, 4) is 0 Å². The van der Waals surface area contributed by atoms with Crippen molar-refractivity contribution in [2.24, 2.45) is 0 Å². The quantitative estimate of drug-likeness (QED) is 0.553. The van der Waals surface area contributed by atoms with Gasteiger partial charge in [-0.15, -0.1) is 0 Å². The Morgan fingerprint density at radius 2 is 1.97 bits per heavy atom. The molecule has 0 spiro atoms. The monoisotopic (exact) mass is 527 g/mol. The van der Waals surface area contributed by atoms with Crippen LogP contribution in [0, 0.1) is 0 Å². The number of piperazine rings is 1. The maximum Gasteiger partial charge on any atom is 0.339 e. The molecule has 0 aromatic carbocycles. The SMILES string of the molecule is O=C(O)c1cccnc1N1CCN(CCC=C2CC(Cl)=CC3=COCOC4=CC=C(Cl)CC4=C32)CC1. The van der Waals surface area contributed by atoms with Crippen LogP contribution in [0.1, 0.15) is 29.6 Å². The smallest absolute Gasteiger partial charge is 0.339 e. The highest BCUT2D eigenvalue weighted by molar-refractivity contribution is 6.30. The molecule has 1 aromatic heterocycles. The molecule has 9 heteroatoms. The molecule has 5 rings (SSSR count). The number of anilines is 1. The molecule has 2 aliphatic carbocycles. The predicted octanol–water partition coefficient (Wildman–Crippen LogP) is 5.34. The summed E-state index contributed by atoms with van der Waals surface area (Å²) >= 11 is 12.9. The van der Waals surface area contributed by atoms with Gasteiger partial charge in [0, 0.05) is 73.0 Å². The summed E-state index contributed by atoms with van der Waals surface area (Å²) in [5.74, 6) is 0.374. The van der Waals surface area contributed by atoms with Crippen LogP contribution < -0.4 is 4.90 Å². The molecule has 188 valence electrons. The molecular formula is C27H27Cl2N3O4. The van der Waals surface area contributed by atoms with Crippen molar-refractivity contribution in [2.45, 2.75) is 19.3 Å². The van der Waals surface area contributed by atoms with Gasteiger partial charge in [-0.05, 0) is 47.9 Å². The highest BCUT2D eigenvalue weighted by atomic mass is 35.5. The van der Waals surface area contributed by atoms with Gasteiger partial charge >= 0.3 is 5.97 Å². The third-order valence-corrected chi connectivity index (χ3v) is 7.16. The van der Waals surface area contributed by atoms with Crippen LogP contribution in [0.4, 0.5) is 5.82 Å². The van der Waals surface area contributed by atoms with E-state index < -0.39 is 5.97 Å². The molecular weight excluding hydrogens is 501 g/mol. The second-order valence-electron chi connectivity index (χ2n) is 8.97. The van der Waals surface area contributed by atoms with E-state index >= 15 is 0 Å². The lowest BCUT2D eigenvalue weighted by Gasteiger charge is -2.35. The molecule has 3 heterocycles. The van der Waals surface area contributed by atoms with Crippen molar-refractivity contribution in [2.75, 3.05) is 44.4 Å². The molecule has 0 bridgehead atoms. The second kappa shape index (κ2) is 10.9. The Labute approximate surface area is 220 Å². The zero-order chi connectivity index (χ0) is 25.1. The van der Waals surface area contributed by atoms with Crippen LogP contribution in [0.15, 0.2) is 87.0 Å². The molecule has 1 N–H and O–H groups in total. The number of carbonyl (C=O) groups is 1. The molecule has 7 nitrogen and oxygen atoms in total. The van der Waals surface area contributed by atoms with E-state index in [0.717, 1.165) is 77.3 Å². The number of aromatic nitrogens is 1. The minimum atomic E-state index is -0.950. The molecule has 4 aliphatic rings. The fourth-order valence-corrected chi connectivity index (χ4v) is 5.41. The molecule has 0 amide bonds. The third-order valence-electron chi connectivity index (χ3n) is 6.66. The van der Waals surface area contributed by atoms with E-state index in [1.165, 1.54) is 0 Å². The van der Waals surface area contributed by atoms with E-state index in [0.29, 0.717) is 18.7 Å². The Balaban J connectivity index is 1.28. The van der Waals surface area contributed by atoms with Gasteiger partial charge in [-0.3, -0.25) is 4.90 Å². The van der Waals surface area contributed by atoms with Crippen LogP contribution in [0.3, 0.4) is 0 Å². The molecule has 1 aromatic rings. The maximum absolute atomic E-state index is 11.6. The van der Waals surface area contributed by atoms with Crippen LogP contribution in [0.2, 0.25) is 0 Å². The average Bonchev–Trinajstić information content (AvgIpc) is 2.86. The lowest BCUT2D eigenvalue weighted by Crippen LogP contribution is -2.47. The number of aromatic carboxylic acids is 1. The van der Waals surface area contributed by atoms with Crippen molar-refractivity contribution >= 4 is 35.0 Å². The number of rotatable bonds is 5. The minimum absolute atomic E-state index is 0.139. The summed E-state index contributed by atoms with van der Waals surface area (Å²) in [6.07, 6.45) is 13.4. The molecule has 0 saturated carbocycles. The number of fused-ring (bicyclic) bond motifs is 2. The largest absolute Gasteiger partial charge is 0.478 e. The maximum atomic E-state index is 11.6. The topological polar surface area (TPSA) is 75.1 Å². The molecule has 36 heavy (non-hydrogen) atoms. The van der Waals surface area contributed by atoms with Gasteiger partial charge in [-0.25, -0.2) is 9.78 Å². The van der Waals surface area contributed by atoms with Crippen molar-refractivity contribution in [1.82, 2.24) is 9.88 Å².